The van der Waals surface area contributed by atoms with Gasteiger partial charge in [-0.3, -0.25) is 9.59 Å². The molecule has 18 heavy (non-hydrogen) atoms. The van der Waals surface area contributed by atoms with E-state index in [9.17, 15) is 18.0 Å². The van der Waals surface area contributed by atoms with Crippen LogP contribution in [-0.2, 0) is 24.2 Å². The monoisotopic (exact) mass is 277 g/mol. The highest BCUT2D eigenvalue weighted by molar-refractivity contribution is 7.92. The highest BCUT2D eigenvalue weighted by Gasteiger charge is 2.28. The highest BCUT2D eigenvalue weighted by atomic mass is 32.2. The maximum Gasteiger partial charge on any atom is 0.235 e. The average molecular weight is 277 g/mol. The molecule has 7 heteroatoms. The minimum atomic E-state index is -3.67. The summed E-state index contributed by atoms with van der Waals surface area (Å²) in [6.07, 6.45) is 1.31. The number of Topliss-reactive ketones (excluding diaryl/α,β-unsaturated/α-hetero) is 1. The van der Waals surface area contributed by atoms with Crippen molar-refractivity contribution in [1.82, 2.24) is 5.32 Å². The second-order valence-electron chi connectivity index (χ2n) is 4.41. The predicted molar refractivity (Wildman–Crippen MR) is 65.9 cm³/mol. The molecule has 104 valence electrons. The Morgan fingerprint density at radius 3 is 2.61 bits per heavy atom. The molecule has 1 unspecified atom stereocenters. The molecule has 1 aliphatic rings. The number of nitrogens with one attached hydrogen (secondary N) is 1. The Kier molecular flexibility index (Phi) is 5.74. The van der Waals surface area contributed by atoms with Crippen molar-refractivity contribution in [3.63, 3.8) is 0 Å². The van der Waals surface area contributed by atoms with Crippen molar-refractivity contribution >= 4 is 21.5 Å². The summed E-state index contributed by atoms with van der Waals surface area (Å²) >= 11 is 0. The van der Waals surface area contributed by atoms with Crippen LogP contribution in [0.1, 0.15) is 19.8 Å². The average Bonchev–Trinajstić information content (AvgIpc) is 2.78. The van der Waals surface area contributed by atoms with E-state index < -0.39 is 27.3 Å². The first-order valence-electron chi connectivity index (χ1n) is 6.02. The van der Waals surface area contributed by atoms with Crippen LogP contribution in [0.25, 0.3) is 0 Å². The maximum atomic E-state index is 11.7. The largest absolute Gasteiger partial charge is 0.381 e. The number of amides is 1. The van der Waals surface area contributed by atoms with Gasteiger partial charge in [0.1, 0.15) is 11.5 Å². The fourth-order valence-electron chi connectivity index (χ4n) is 1.69. The smallest absolute Gasteiger partial charge is 0.235 e. The van der Waals surface area contributed by atoms with E-state index in [0.717, 1.165) is 6.42 Å². The molecule has 0 aromatic rings. The van der Waals surface area contributed by atoms with Crippen molar-refractivity contribution in [2.24, 2.45) is 5.92 Å². The first kappa shape index (κ1) is 15.1. The first-order valence-corrected chi connectivity index (χ1v) is 7.84. The van der Waals surface area contributed by atoms with Gasteiger partial charge in [0.2, 0.25) is 5.91 Å². The van der Waals surface area contributed by atoms with E-state index in [1.54, 1.807) is 0 Å². The van der Waals surface area contributed by atoms with Crippen LogP contribution in [0.4, 0.5) is 0 Å². The molecule has 0 aromatic carbocycles. The number of hydrogen-bond acceptors (Lipinski definition) is 5. The van der Waals surface area contributed by atoms with Crippen LogP contribution in [0.5, 0.6) is 0 Å². The number of carbonyl (C=O) groups is 2. The van der Waals surface area contributed by atoms with E-state index in [-0.39, 0.29) is 18.3 Å². The van der Waals surface area contributed by atoms with E-state index >= 15 is 0 Å². The molecular formula is C11H19NO5S. The van der Waals surface area contributed by atoms with Crippen molar-refractivity contribution in [3.8, 4) is 0 Å². The molecule has 0 aliphatic carbocycles. The third kappa shape index (κ3) is 5.14. The number of ketones is 1. The standard InChI is InChI=1S/C11H19NO5S/c1-2-4-12-11(14)8-18(15,16)7-10(13)9-3-5-17-6-9/h9H,2-8H2,1H3,(H,12,14). The number of hydrogen-bond donors (Lipinski definition) is 1. The second kappa shape index (κ2) is 6.84. The number of ether oxygens (including phenoxy) is 1. The van der Waals surface area contributed by atoms with E-state index in [1.807, 2.05) is 6.92 Å². The fraction of sp³-hybridized carbons (Fsp3) is 0.818. The summed E-state index contributed by atoms with van der Waals surface area (Å²) in [5.41, 5.74) is 0. The summed E-state index contributed by atoms with van der Waals surface area (Å²) in [5.74, 6) is -2.42. The molecule has 1 heterocycles. The van der Waals surface area contributed by atoms with E-state index in [1.165, 1.54) is 0 Å². The maximum absolute atomic E-state index is 11.7. The summed E-state index contributed by atoms with van der Waals surface area (Å²) in [6.45, 7) is 3.10. The van der Waals surface area contributed by atoms with Gasteiger partial charge in [0, 0.05) is 19.1 Å². The van der Waals surface area contributed by atoms with Gasteiger partial charge < -0.3 is 10.1 Å². The molecule has 0 saturated carbocycles. The molecule has 1 aliphatic heterocycles. The zero-order chi connectivity index (χ0) is 13.6. The Morgan fingerprint density at radius 2 is 2.06 bits per heavy atom. The van der Waals surface area contributed by atoms with Crippen LogP contribution in [0, 0.1) is 5.92 Å². The molecule has 0 spiro atoms. The zero-order valence-corrected chi connectivity index (χ0v) is 11.3. The second-order valence-corrected chi connectivity index (χ2v) is 6.47. The van der Waals surface area contributed by atoms with Crippen LogP contribution in [0.3, 0.4) is 0 Å². The van der Waals surface area contributed by atoms with Gasteiger partial charge in [-0.05, 0) is 12.8 Å². The number of sulfone groups is 1. The third-order valence-corrected chi connectivity index (χ3v) is 4.10. The molecule has 1 rings (SSSR count). The quantitative estimate of drug-likeness (QED) is 0.679. The molecular weight excluding hydrogens is 258 g/mol. The summed E-state index contributed by atoms with van der Waals surface area (Å²) in [7, 11) is -3.67. The first-order chi connectivity index (χ1) is 8.44. The Balaban J connectivity index is 2.43. The molecule has 6 nitrogen and oxygen atoms in total. The summed E-state index contributed by atoms with van der Waals surface area (Å²) < 4.78 is 28.3. The molecule has 0 bridgehead atoms. The number of rotatable bonds is 7. The Labute approximate surface area is 107 Å². The lowest BCUT2D eigenvalue weighted by Gasteiger charge is -2.07. The highest BCUT2D eigenvalue weighted by Crippen LogP contribution is 2.14. The van der Waals surface area contributed by atoms with Crippen LogP contribution < -0.4 is 5.32 Å². The van der Waals surface area contributed by atoms with Crippen LogP contribution >= 0.6 is 0 Å². The minimum absolute atomic E-state index is 0.288. The van der Waals surface area contributed by atoms with Gasteiger partial charge in [0.25, 0.3) is 0 Å². The lowest BCUT2D eigenvalue weighted by molar-refractivity contribution is -0.120. The molecule has 1 N–H and O–H groups in total. The van der Waals surface area contributed by atoms with Gasteiger partial charge in [-0.25, -0.2) is 8.42 Å². The van der Waals surface area contributed by atoms with Gasteiger partial charge in [-0.15, -0.1) is 0 Å². The molecule has 1 fully saturated rings. The van der Waals surface area contributed by atoms with Gasteiger partial charge in [0.05, 0.1) is 6.61 Å². The van der Waals surface area contributed by atoms with Crippen LogP contribution in [-0.4, -0.2) is 51.4 Å². The molecule has 1 amide bonds. The molecule has 0 aromatic heterocycles. The van der Waals surface area contributed by atoms with E-state index in [0.29, 0.717) is 19.6 Å². The van der Waals surface area contributed by atoms with Crippen molar-refractivity contribution < 1.29 is 22.7 Å². The van der Waals surface area contributed by atoms with Crippen molar-refractivity contribution in [2.75, 3.05) is 31.3 Å². The lowest BCUT2D eigenvalue weighted by Crippen LogP contribution is -2.34. The summed E-state index contributed by atoms with van der Waals surface area (Å²) in [5, 5.41) is 2.48. The van der Waals surface area contributed by atoms with Crippen molar-refractivity contribution in [3.05, 3.63) is 0 Å². The Morgan fingerprint density at radius 1 is 1.33 bits per heavy atom. The van der Waals surface area contributed by atoms with Gasteiger partial charge in [0.15, 0.2) is 15.6 Å². The van der Waals surface area contributed by atoms with E-state index in [2.05, 4.69) is 5.32 Å². The predicted octanol–water partition coefficient (Wildman–Crippen LogP) is -0.467. The van der Waals surface area contributed by atoms with Crippen molar-refractivity contribution in [1.29, 1.82) is 0 Å². The zero-order valence-electron chi connectivity index (χ0n) is 10.5. The third-order valence-electron chi connectivity index (χ3n) is 2.67. The normalized spacial score (nSPS) is 19.7. The van der Waals surface area contributed by atoms with E-state index in [4.69, 9.17) is 4.74 Å². The molecule has 0 radical (unpaired) electrons. The number of carbonyl (C=O) groups excluding carboxylic acids is 2. The fourth-order valence-corrected chi connectivity index (χ4v) is 2.96. The topological polar surface area (TPSA) is 89.5 Å². The van der Waals surface area contributed by atoms with Crippen LogP contribution in [0.15, 0.2) is 0 Å². The Hall–Kier alpha value is -0.950. The molecule has 1 atom stereocenters. The SMILES string of the molecule is CCCNC(=O)CS(=O)(=O)CC(=O)C1CCOC1. The lowest BCUT2D eigenvalue weighted by atomic mass is 10.1. The van der Waals surface area contributed by atoms with Crippen molar-refractivity contribution in [2.45, 2.75) is 19.8 Å². The Bertz CT molecular complexity index is 398. The summed E-state index contributed by atoms with van der Waals surface area (Å²) in [4.78, 5) is 23.0. The summed E-state index contributed by atoms with van der Waals surface area (Å²) in [6, 6.07) is 0. The van der Waals surface area contributed by atoms with Gasteiger partial charge in [-0.1, -0.05) is 6.92 Å². The van der Waals surface area contributed by atoms with Crippen LogP contribution in [0.2, 0.25) is 0 Å². The van der Waals surface area contributed by atoms with Gasteiger partial charge >= 0.3 is 0 Å². The van der Waals surface area contributed by atoms with Gasteiger partial charge in [-0.2, -0.15) is 0 Å². The molecule has 1 saturated heterocycles. The minimum Gasteiger partial charge on any atom is -0.381 e.